The highest BCUT2D eigenvalue weighted by Gasteiger charge is 2.16. The molecule has 1 aromatic heterocycles. The molecule has 0 aliphatic carbocycles. The average molecular weight is 277 g/mol. The van der Waals surface area contributed by atoms with Crippen LogP contribution in [0, 0.1) is 20.8 Å². The first-order valence-electron chi connectivity index (χ1n) is 7.18. The Kier molecular flexibility index (Phi) is 3.48. The number of aliphatic hydroxyl groups is 1. The Balaban J connectivity index is 2.13. The van der Waals surface area contributed by atoms with E-state index < -0.39 is 6.10 Å². The minimum Gasteiger partial charge on any atom is -0.382 e. The molecule has 1 unspecified atom stereocenters. The van der Waals surface area contributed by atoms with Crippen molar-refractivity contribution >= 4 is 10.9 Å². The molecule has 1 heterocycles. The number of rotatable bonds is 2. The molecule has 1 atom stereocenters. The zero-order valence-electron chi connectivity index (χ0n) is 12.6. The van der Waals surface area contributed by atoms with Gasteiger partial charge in [0.1, 0.15) is 6.10 Å². The third-order valence-corrected chi connectivity index (χ3v) is 3.95. The molecule has 1 N–H and O–H groups in total. The fourth-order valence-corrected chi connectivity index (χ4v) is 2.73. The Hall–Kier alpha value is -2.19. The van der Waals surface area contributed by atoms with E-state index in [1.165, 1.54) is 0 Å². The number of benzene rings is 2. The Morgan fingerprint density at radius 1 is 0.905 bits per heavy atom. The van der Waals surface area contributed by atoms with Crippen LogP contribution in [0.25, 0.3) is 10.9 Å². The van der Waals surface area contributed by atoms with Crippen LogP contribution >= 0.6 is 0 Å². The first kappa shape index (κ1) is 13.8. The van der Waals surface area contributed by atoms with Crippen molar-refractivity contribution in [3.63, 3.8) is 0 Å². The zero-order valence-corrected chi connectivity index (χ0v) is 12.6. The predicted octanol–water partition coefficient (Wildman–Crippen LogP) is 4.24. The summed E-state index contributed by atoms with van der Waals surface area (Å²) in [6.45, 7) is 6.12. The van der Waals surface area contributed by atoms with Crippen LogP contribution in [0.1, 0.15) is 34.1 Å². The summed E-state index contributed by atoms with van der Waals surface area (Å²) >= 11 is 0. The van der Waals surface area contributed by atoms with Crippen molar-refractivity contribution in [2.24, 2.45) is 0 Å². The Bertz CT molecular complexity index is 808. The van der Waals surface area contributed by atoms with Gasteiger partial charge < -0.3 is 5.11 Å². The van der Waals surface area contributed by atoms with Crippen molar-refractivity contribution in [1.82, 2.24) is 4.98 Å². The second-order valence-corrected chi connectivity index (χ2v) is 5.64. The van der Waals surface area contributed by atoms with E-state index in [2.05, 4.69) is 24.0 Å². The summed E-state index contributed by atoms with van der Waals surface area (Å²) in [4.78, 5) is 4.63. The minimum atomic E-state index is -0.687. The lowest BCUT2D eigenvalue weighted by molar-refractivity contribution is 0.215. The Morgan fingerprint density at radius 3 is 2.48 bits per heavy atom. The third kappa shape index (κ3) is 2.55. The van der Waals surface area contributed by atoms with E-state index in [-0.39, 0.29) is 0 Å². The second-order valence-electron chi connectivity index (χ2n) is 5.64. The van der Waals surface area contributed by atoms with Gasteiger partial charge in [-0.1, -0.05) is 42.0 Å². The molecule has 0 aliphatic rings. The smallest absolute Gasteiger partial charge is 0.121 e. The number of hydrogen-bond acceptors (Lipinski definition) is 2. The van der Waals surface area contributed by atoms with Crippen molar-refractivity contribution in [1.29, 1.82) is 0 Å². The molecule has 0 radical (unpaired) electrons. The lowest BCUT2D eigenvalue weighted by atomic mass is 9.97. The minimum absolute atomic E-state index is 0.687. The molecule has 106 valence electrons. The van der Waals surface area contributed by atoms with Gasteiger partial charge in [-0.3, -0.25) is 0 Å². The lowest BCUT2D eigenvalue weighted by Gasteiger charge is -2.16. The van der Waals surface area contributed by atoms with Gasteiger partial charge in [-0.2, -0.15) is 0 Å². The van der Waals surface area contributed by atoms with Crippen LogP contribution in [0.15, 0.2) is 48.5 Å². The highest BCUT2D eigenvalue weighted by molar-refractivity contribution is 5.82. The van der Waals surface area contributed by atoms with E-state index in [1.807, 2.05) is 50.2 Å². The van der Waals surface area contributed by atoms with Gasteiger partial charge >= 0.3 is 0 Å². The maximum absolute atomic E-state index is 10.7. The van der Waals surface area contributed by atoms with Gasteiger partial charge in [-0.05, 0) is 49.6 Å². The summed E-state index contributed by atoms with van der Waals surface area (Å²) in [6, 6.07) is 16.2. The van der Waals surface area contributed by atoms with Gasteiger partial charge in [0, 0.05) is 5.39 Å². The number of pyridine rings is 1. The third-order valence-electron chi connectivity index (χ3n) is 3.95. The number of aromatic nitrogens is 1. The Morgan fingerprint density at radius 2 is 1.67 bits per heavy atom. The summed E-state index contributed by atoms with van der Waals surface area (Å²) in [5.74, 6) is 0. The van der Waals surface area contributed by atoms with Crippen LogP contribution in [-0.4, -0.2) is 10.1 Å². The largest absolute Gasteiger partial charge is 0.382 e. The monoisotopic (exact) mass is 277 g/mol. The van der Waals surface area contributed by atoms with E-state index in [1.54, 1.807) is 0 Å². The van der Waals surface area contributed by atoms with Crippen molar-refractivity contribution in [2.75, 3.05) is 0 Å². The Labute approximate surface area is 125 Å². The predicted molar refractivity (Wildman–Crippen MR) is 86.5 cm³/mol. The molecule has 0 spiro atoms. The van der Waals surface area contributed by atoms with Crippen molar-refractivity contribution in [3.05, 3.63) is 76.5 Å². The second kappa shape index (κ2) is 5.30. The van der Waals surface area contributed by atoms with Gasteiger partial charge in [0.2, 0.25) is 0 Å². The van der Waals surface area contributed by atoms with Gasteiger partial charge in [0.25, 0.3) is 0 Å². The van der Waals surface area contributed by atoms with Crippen LogP contribution in [0.2, 0.25) is 0 Å². The van der Waals surface area contributed by atoms with E-state index in [9.17, 15) is 5.11 Å². The van der Waals surface area contributed by atoms with Crippen LogP contribution in [0.4, 0.5) is 0 Å². The SMILES string of the molecule is Cc1ccc(C)c(C(O)c2cc(C)c3ccccc3n2)c1. The fourth-order valence-electron chi connectivity index (χ4n) is 2.73. The quantitative estimate of drug-likeness (QED) is 0.760. The molecule has 0 amide bonds. The fraction of sp³-hybridized carbons (Fsp3) is 0.211. The molecule has 0 aliphatic heterocycles. The van der Waals surface area contributed by atoms with Crippen molar-refractivity contribution in [3.8, 4) is 0 Å². The molecule has 3 rings (SSSR count). The summed E-state index contributed by atoms with van der Waals surface area (Å²) < 4.78 is 0. The molecule has 0 saturated carbocycles. The molecule has 3 aromatic rings. The first-order chi connectivity index (χ1) is 10.1. The summed E-state index contributed by atoms with van der Waals surface area (Å²) in [6.07, 6.45) is -0.687. The first-order valence-corrected chi connectivity index (χ1v) is 7.18. The molecule has 2 heteroatoms. The van der Waals surface area contributed by atoms with Gasteiger partial charge in [0.15, 0.2) is 0 Å². The van der Waals surface area contributed by atoms with E-state index >= 15 is 0 Å². The molecule has 2 aromatic carbocycles. The molecule has 0 fully saturated rings. The molecular formula is C19H19NO. The number of para-hydroxylation sites is 1. The number of hydrogen-bond donors (Lipinski definition) is 1. The van der Waals surface area contributed by atoms with Gasteiger partial charge in [-0.15, -0.1) is 0 Å². The van der Waals surface area contributed by atoms with Crippen molar-refractivity contribution in [2.45, 2.75) is 26.9 Å². The van der Waals surface area contributed by atoms with Crippen LogP contribution in [0.5, 0.6) is 0 Å². The van der Waals surface area contributed by atoms with E-state index in [0.29, 0.717) is 5.69 Å². The maximum atomic E-state index is 10.7. The van der Waals surface area contributed by atoms with Gasteiger partial charge in [0.05, 0.1) is 11.2 Å². The molecule has 2 nitrogen and oxygen atoms in total. The maximum Gasteiger partial charge on any atom is 0.121 e. The van der Waals surface area contributed by atoms with Crippen molar-refractivity contribution < 1.29 is 5.11 Å². The summed E-state index contributed by atoms with van der Waals surface area (Å²) in [5.41, 5.74) is 5.93. The molecular weight excluding hydrogens is 258 g/mol. The van der Waals surface area contributed by atoms with Crippen LogP contribution < -0.4 is 0 Å². The van der Waals surface area contributed by atoms with Crippen LogP contribution in [-0.2, 0) is 0 Å². The zero-order chi connectivity index (χ0) is 15.0. The van der Waals surface area contributed by atoms with Crippen LogP contribution in [0.3, 0.4) is 0 Å². The van der Waals surface area contributed by atoms with E-state index in [0.717, 1.165) is 33.2 Å². The molecule has 0 saturated heterocycles. The molecule has 0 bridgehead atoms. The van der Waals surface area contributed by atoms with Gasteiger partial charge in [-0.25, -0.2) is 4.98 Å². The number of aryl methyl sites for hydroxylation is 3. The highest BCUT2D eigenvalue weighted by Crippen LogP contribution is 2.27. The summed E-state index contributed by atoms with van der Waals surface area (Å²) in [5, 5.41) is 11.9. The standard InChI is InChI=1S/C19H19NO/c1-12-8-9-13(2)16(10-12)19(21)18-11-14(3)15-6-4-5-7-17(15)20-18/h4-11,19,21H,1-3H3. The number of fused-ring (bicyclic) bond motifs is 1. The average Bonchev–Trinajstić information content (AvgIpc) is 2.49. The lowest BCUT2D eigenvalue weighted by Crippen LogP contribution is -2.05. The summed E-state index contributed by atoms with van der Waals surface area (Å²) in [7, 11) is 0. The van der Waals surface area contributed by atoms with E-state index in [4.69, 9.17) is 0 Å². The highest BCUT2D eigenvalue weighted by atomic mass is 16.3. The molecule has 21 heavy (non-hydrogen) atoms. The number of nitrogens with zero attached hydrogens (tertiary/aromatic N) is 1. The topological polar surface area (TPSA) is 33.1 Å². The normalized spacial score (nSPS) is 12.6. The number of aliphatic hydroxyl groups excluding tert-OH is 1.